The number of rotatable bonds is 7. The molecular weight excluding hydrogens is 192 g/mol. The number of likely N-dealkylation sites (N-methyl/N-ethyl adjacent to an activating group) is 1. The minimum atomic E-state index is 0.120. The predicted octanol–water partition coefficient (Wildman–Crippen LogP) is 0.868. The molecule has 0 aliphatic carbocycles. The Morgan fingerprint density at radius 1 is 1.33 bits per heavy atom. The van der Waals surface area contributed by atoms with Crippen LogP contribution in [0.2, 0.25) is 0 Å². The number of ether oxygens (including phenoxy) is 1. The molecule has 90 valence electrons. The van der Waals surface area contributed by atoms with E-state index >= 15 is 0 Å². The second-order valence-corrected chi connectivity index (χ2v) is 4.19. The lowest BCUT2D eigenvalue weighted by Gasteiger charge is -2.21. The Hall–Kier alpha value is -0.610. The minimum Gasteiger partial charge on any atom is -0.377 e. The molecule has 0 spiro atoms. The average molecular weight is 216 g/mol. The van der Waals surface area contributed by atoms with Gasteiger partial charge in [0.2, 0.25) is 5.91 Å². The van der Waals surface area contributed by atoms with Crippen molar-refractivity contribution in [1.82, 2.24) is 10.2 Å². The van der Waals surface area contributed by atoms with Gasteiger partial charge in [0.15, 0.2) is 0 Å². The van der Waals surface area contributed by atoms with Crippen molar-refractivity contribution in [2.45, 2.75) is 39.8 Å². The zero-order valence-electron chi connectivity index (χ0n) is 10.5. The summed E-state index contributed by atoms with van der Waals surface area (Å²) < 4.78 is 5.34. The van der Waals surface area contributed by atoms with Crippen molar-refractivity contribution in [3.8, 4) is 0 Å². The molecule has 0 unspecified atom stereocenters. The fourth-order valence-electron chi connectivity index (χ4n) is 0.975. The van der Waals surface area contributed by atoms with Crippen molar-refractivity contribution in [2.24, 2.45) is 0 Å². The molecule has 0 aliphatic rings. The highest BCUT2D eigenvalue weighted by molar-refractivity contribution is 5.78. The Kier molecular flexibility index (Phi) is 7.34. The lowest BCUT2D eigenvalue weighted by atomic mass is 10.3. The van der Waals surface area contributed by atoms with E-state index in [4.69, 9.17) is 4.74 Å². The summed E-state index contributed by atoms with van der Waals surface area (Å²) in [5.74, 6) is 0.120. The highest BCUT2D eigenvalue weighted by atomic mass is 16.5. The molecule has 0 radical (unpaired) electrons. The van der Waals surface area contributed by atoms with Crippen LogP contribution < -0.4 is 5.32 Å². The quantitative estimate of drug-likeness (QED) is 0.642. The van der Waals surface area contributed by atoms with Crippen molar-refractivity contribution in [3.63, 3.8) is 0 Å². The summed E-state index contributed by atoms with van der Waals surface area (Å²) in [6, 6.07) is 0.256. The third-order valence-electron chi connectivity index (χ3n) is 2.17. The highest BCUT2D eigenvalue weighted by Gasteiger charge is 2.10. The molecule has 0 aromatic carbocycles. The van der Waals surface area contributed by atoms with Gasteiger partial charge in [0.05, 0.1) is 19.3 Å². The van der Waals surface area contributed by atoms with E-state index in [1.807, 2.05) is 34.7 Å². The molecule has 0 bridgehead atoms. The number of nitrogens with zero attached hydrogens (tertiary/aromatic N) is 1. The first-order valence-electron chi connectivity index (χ1n) is 5.53. The van der Waals surface area contributed by atoms with E-state index in [2.05, 4.69) is 5.32 Å². The molecule has 15 heavy (non-hydrogen) atoms. The van der Waals surface area contributed by atoms with Gasteiger partial charge in [0, 0.05) is 19.6 Å². The van der Waals surface area contributed by atoms with E-state index in [0.29, 0.717) is 13.2 Å². The van der Waals surface area contributed by atoms with Crippen LogP contribution in [0.25, 0.3) is 0 Å². The molecule has 0 rings (SSSR count). The second-order valence-electron chi connectivity index (χ2n) is 4.19. The Labute approximate surface area is 93.0 Å². The Morgan fingerprint density at radius 2 is 1.93 bits per heavy atom. The van der Waals surface area contributed by atoms with E-state index in [-0.39, 0.29) is 18.1 Å². The van der Waals surface area contributed by atoms with Crippen molar-refractivity contribution in [3.05, 3.63) is 0 Å². The lowest BCUT2D eigenvalue weighted by Crippen LogP contribution is -2.40. The summed E-state index contributed by atoms with van der Waals surface area (Å²) in [6.45, 7) is 9.75. The Balaban J connectivity index is 3.47. The van der Waals surface area contributed by atoms with Gasteiger partial charge in [0.1, 0.15) is 0 Å². The number of carbonyl (C=O) groups is 1. The maximum absolute atomic E-state index is 11.5. The zero-order chi connectivity index (χ0) is 11.8. The summed E-state index contributed by atoms with van der Waals surface area (Å²) in [7, 11) is 1.82. The second kappa shape index (κ2) is 7.65. The third kappa shape index (κ3) is 7.33. The van der Waals surface area contributed by atoms with Gasteiger partial charge in [-0.05, 0) is 27.7 Å². The van der Waals surface area contributed by atoms with Gasteiger partial charge in [-0.25, -0.2) is 0 Å². The molecular formula is C11H24N2O2. The van der Waals surface area contributed by atoms with E-state index < -0.39 is 0 Å². The summed E-state index contributed by atoms with van der Waals surface area (Å²) in [5.41, 5.74) is 0. The predicted molar refractivity (Wildman–Crippen MR) is 61.9 cm³/mol. The van der Waals surface area contributed by atoms with Crippen molar-refractivity contribution >= 4 is 5.91 Å². The normalized spacial score (nSPS) is 11.1. The highest BCUT2D eigenvalue weighted by Crippen LogP contribution is 1.93. The molecule has 0 aliphatic heterocycles. The number of hydrogen-bond acceptors (Lipinski definition) is 3. The van der Waals surface area contributed by atoms with Crippen LogP contribution in [-0.4, -0.2) is 49.7 Å². The van der Waals surface area contributed by atoms with Crippen molar-refractivity contribution in [1.29, 1.82) is 0 Å². The third-order valence-corrected chi connectivity index (χ3v) is 2.17. The molecule has 1 amide bonds. The Morgan fingerprint density at radius 3 is 2.40 bits per heavy atom. The van der Waals surface area contributed by atoms with Gasteiger partial charge in [-0.3, -0.25) is 4.79 Å². The van der Waals surface area contributed by atoms with Crippen LogP contribution in [0.3, 0.4) is 0 Å². The molecule has 0 saturated carbocycles. The summed E-state index contributed by atoms with van der Waals surface area (Å²) in [4.78, 5) is 13.2. The van der Waals surface area contributed by atoms with Gasteiger partial charge in [-0.1, -0.05) is 0 Å². The molecule has 0 aromatic rings. The van der Waals surface area contributed by atoms with Crippen LogP contribution in [0.5, 0.6) is 0 Å². The molecule has 0 fully saturated rings. The van der Waals surface area contributed by atoms with Crippen LogP contribution in [-0.2, 0) is 9.53 Å². The number of nitrogens with one attached hydrogen (secondary N) is 1. The summed E-state index contributed by atoms with van der Waals surface area (Å²) in [5, 5.41) is 3.06. The fourth-order valence-corrected chi connectivity index (χ4v) is 0.975. The van der Waals surface area contributed by atoms with Gasteiger partial charge in [-0.2, -0.15) is 0 Å². The van der Waals surface area contributed by atoms with E-state index in [1.165, 1.54) is 0 Å². The van der Waals surface area contributed by atoms with E-state index in [9.17, 15) is 4.79 Å². The smallest absolute Gasteiger partial charge is 0.236 e. The van der Waals surface area contributed by atoms with Crippen LogP contribution in [0.4, 0.5) is 0 Å². The number of carbonyl (C=O) groups excluding carboxylic acids is 1. The van der Waals surface area contributed by atoms with Gasteiger partial charge >= 0.3 is 0 Å². The van der Waals surface area contributed by atoms with E-state index in [1.54, 1.807) is 4.90 Å². The van der Waals surface area contributed by atoms with Crippen LogP contribution >= 0.6 is 0 Å². The lowest BCUT2D eigenvalue weighted by molar-refractivity contribution is -0.130. The summed E-state index contributed by atoms with van der Waals surface area (Å²) >= 11 is 0. The summed E-state index contributed by atoms with van der Waals surface area (Å²) in [6.07, 6.45) is 0.251. The molecule has 0 heterocycles. The van der Waals surface area contributed by atoms with E-state index in [0.717, 1.165) is 6.54 Å². The molecule has 0 saturated heterocycles. The number of amides is 1. The molecule has 1 N–H and O–H groups in total. The topological polar surface area (TPSA) is 41.6 Å². The SMILES string of the molecule is CC(C)OCCNCC(=O)N(C)C(C)C. The standard InChI is InChI=1S/C11H24N2O2/c1-9(2)13(5)11(14)8-12-6-7-15-10(3)4/h9-10,12H,6-8H2,1-5H3. The van der Waals surface area contributed by atoms with Crippen LogP contribution in [0, 0.1) is 0 Å². The zero-order valence-corrected chi connectivity index (χ0v) is 10.5. The first-order valence-corrected chi connectivity index (χ1v) is 5.53. The minimum absolute atomic E-state index is 0.120. The van der Waals surface area contributed by atoms with Crippen LogP contribution in [0.15, 0.2) is 0 Å². The average Bonchev–Trinajstić information content (AvgIpc) is 2.15. The Bertz CT molecular complexity index is 181. The monoisotopic (exact) mass is 216 g/mol. The van der Waals surface area contributed by atoms with Gasteiger partial charge < -0.3 is 15.0 Å². The fraction of sp³-hybridized carbons (Fsp3) is 0.909. The van der Waals surface area contributed by atoms with Gasteiger partial charge in [0.25, 0.3) is 0 Å². The maximum Gasteiger partial charge on any atom is 0.236 e. The molecule has 0 atom stereocenters. The molecule has 0 aromatic heterocycles. The number of hydrogen-bond donors (Lipinski definition) is 1. The van der Waals surface area contributed by atoms with Crippen LogP contribution in [0.1, 0.15) is 27.7 Å². The molecule has 4 heteroatoms. The van der Waals surface area contributed by atoms with Gasteiger partial charge in [-0.15, -0.1) is 0 Å². The first-order chi connectivity index (χ1) is 6.95. The maximum atomic E-state index is 11.5. The van der Waals surface area contributed by atoms with Crippen molar-refractivity contribution in [2.75, 3.05) is 26.7 Å². The first kappa shape index (κ1) is 14.4. The largest absolute Gasteiger partial charge is 0.377 e. The van der Waals surface area contributed by atoms with Crippen molar-refractivity contribution < 1.29 is 9.53 Å². The molecule has 4 nitrogen and oxygen atoms in total.